The van der Waals surface area contributed by atoms with Gasteiger partial charge in [0.2, 0.25) is 0 Å². The number of hydrogen-bond donors (Lipinski definition) is 2. The van der Waals surface area contributed by atoms with E-state index >= 15 is 0 Å². The number of benzene rings is 2. The first-order valence-electron chi connectivity index (χ1n) is 6.94. The Labute approximate surface area is 147 Å². The molecule has 2 aromatic carbocycles. The van der Waals surface area contributed by atoms with E-state index in [0.29, 0.717) is 20.6 Å². The van der Waals surface area contributed by atoms with Crippen molar-refractivity contribution in [3.8, 4) is 0 Å². The maximum atomic E-state index is 13.4. The van der Waals surface area contributed by atoms with Crippen LogP contribution in [-0.2, 0) is 0 Å². The summed E-state index contributed by atoms with van der Waals surface area (Å²) >= 11 is 3.68. The molecule has 4 nitrogen and oxygen atoms in total. The zero-order chi connectivity index (χ0) is 16.2. The number of nitrogens with one attached hydrogen (secondary N) is 2. The van der Waals surface area contributed by atoms with Crippen molar-refractivity contribution in [2.75, 3.05) is 5.32 Å². The first-order valence-corrected chi connectivity index (χ1v) is 9.80. The molecule has 3 rings (SSSR count). The van der Waals surface area contributed by atoms with Gasteiger partial charge >= 0.3 is 148 Å². The van der Waals surface area contributed by atoms with Crippen molar-refractivity contribution in [2.24, 2.45) is 5.10 Å². The molecule has 0 fully saturated rings. The molecular weight excluding hydrogens is 428 g/mol. The van der Waals surface area contributed by atoms with Crippen molar-refractivity contribution in [1.82, 2.24) is 5.43 Å². The summed E-state index contributed by atoms with van der Waals surface area (Å²) in [6.07, 6.45) is 0.744. The fourth-order valence-electron chi connectivity index (χ4n) is 2.21. The number of carbonyl (C=O) groups excluding carboxylic acids is 1. The summed E-state index contributed by atoms with van der Waals surface area (Å²) in [5.74, 6) is -0.285. The average molecular weight is 441 g/mol. The molecule has 1 heterocycles. The van der Waals surface area contributed by atoms with Gasteiger partial charge in [0.25, 0.3) is 0 Å². The molecule has 23 heavy (non-hydrogen) atoms. The quantitative estimate of drug-likeness (QED) is 0.546. The van der Waals surface area contributed by atoms with Gasteiger partial charge in [-0.25, -0.2) is 0 Å². The van der Waals surface area contributed by atoms with Gasteiger partial charge in [-0.1, -0.05) is 0 Å². The second-order valence-corrected chi connectivity index (χ2v) is 8.17. The standard InChI is InChI=1S/C16H13BrFN3OSe/c17-10-2-1-3-12(8-10)19-16(22)21-20-14-6-7-23-15-5-4-11(18)9-13(14)15/h1-5,8-9H,6-7H2,(H2,19,21,22)/b20-14+. The van der Waals surface area contributed by atoms with Crippen molar-refractivity contribution in [3.05, 3.63) is 58.3 Å². The van der Waals surface area contributed by atoms with Crippen LogP contribution in [0.25, 0.3) is 0 Å². The SMILES string of the molecule is O=C(N/N=C1\CC[Se]c2ccc(F)cc21)Nc1cccc(Br)c1. The van der Waals surface area contributed by atoms with Gasteiger partial charge < -0.3 is 0 Å². The van der Waals surface area contributed by atoms with Gasteiger partial charge in [0, 0.05) is 0 Å². The fraction of sp³-hybridized carbons (Fsp3) is 0.125. The summed E-state index contributed by atoms with van der Waals surface area (Å²) in [7, 11) is 0. The maximum absolute atomic E-state index is 13.4. The molecule has 2 amide bonds. The van der Waals surface area contributed by atoms with Crippen molar-refractivity contribution in [3.63, 3.8) is 0 Å². The normalized spacial score (nSPS) is 15.1. The predicted octanol–water partition coefficient (Wildman–Crippen LogP) is 3.27. The Hall–Kier alpha value is -1.69. The third kappa shape index (κ3) is 4.19. The van der Waals surface area contributed by atoms with E-state index in [1.807, 2.05) is 12.1 Å². The van der Waals surface area contributed by atoms with E-state index < -0.39 is 6.03 Å². The predicted molar refractivity (Wildman–Crippen MR) is 94.0 cm³/mol. The molecule has 1 aliphatic rings. The van der Waals surface area contributed by atoms with Crippen molar-refractivity contribution in [2.45, 2.75) is 11.7 Å². The number of hydrogen-bond acceptors (Lipinski definition) is 2. The molecule has 0 aromatic heterocycles. The molecule has 0 unspecified atom stereocenters. The molecule has 2 N–H and O–H groups in total. The Bertz CT molecular complexity index is 782. The third-order valence-corrected chi connectivity index (χ3v) is 5.97. The molecule has 2 aromatic rings. The van der Waals surface area contributed by atoms with E-state index in [4.69, 9.17) is 0 Å². The van der Waals surface area contributed by atoms with E-state index in [0.717, 1.165) is 31.9 Å². The number of anilines is 1. The Morgan fingerprint density at radius 1 is 1.26 bits per heavy atom. The number of carbonyl (C=O) groups is 1. The van der Waals surface area contributed by atoms with Crippen LogP contribution in [0, 0.1) is 5.82 Å². The van der Waals surface area contributed by atoms with Gasteiger partial charge in [-0.2, -0.15) is 0 Å². The first kappa shape index (κ1) is 16.2. The summed E-state index contributed by atoms with van der Waals surface area (Å²) in [4.78, 5) is 11.9. The molecule has 0 aliphatic carbocycles. The molecule has 0 atom stereocenters. The van der Waals surface area contributed by atoms with E-state index in [9.17, 15) is 9.18 Å². The van der Waals surface area contributed by atoms with E-state index in [1.54, 1.807) is 18.2 Å². The average Bonchev–Trinajstić information content (AvgIpc) is 2.53. The molecule has 0 bridgehead atoms. The fourth-order valence-corrected chi connectivity index (χ4v) is 4.73. The summed E-state index contributed by atoms with van der Waals surface area (Å²) < 4.78 is 15.4. The molecule has 1 aliphatic heterocycles. The van der Waals surface area contributed by atoms with Crippen LogP contribution in [0.1, 0.15) is 12.0 Å². The van der Waals surface area contributed by atoms with Crippen LogP contribution in [0.15, 0.2) is 52.0 Å². The molecule has 0 radical (unpaired) electrons. The van der Waals surface area contributed by atoms with Crippen molar-refractivity contribution in [1.29, 1.82) is 0 Å². The zero-order valence-corrected chi connectivity index (χ0v) is 15.3. The monoisotopic (exact) mass is 441 g/mol. The third-order valence-electron chi connectivity index (χ3n) is 3.22. The van der Waals surface area contributed by atoms with Crippen LogP contribution in [0.5, 0.6) is 0 Å². The summed E-state index contributed by atoms with van der Waals surface area (Å²) in [5, 5.41) is 7.87. The molecule has 118 valence electrons. The van der Waals surface area contributed by atoms with Crippen LogP contribution in [-0.4, -0.2) is 26.7 Å². The molecule has 7 heteroatoms. The summed E-state index contributed by atoms with van der Waals surface area (Å²) in [6, 6.07) is 11.6. The van der Waals surface area contributed by atoms with Crippen molar-refractivity contribution >= 4 is 52.8 Å². The Kier molecular flexibility index (Phi) is 5.10. The van der Waals surface area contributed by atoms with E-state index in [-0.39, 0.29) is 5.82 Å². The second-order valence-electron chi connectivity index (χ2n) is 4.87. The summed E-state index contributed by atoms with van der Waals surface area (Å²) in [5.41, 5.74) is 4.67. The number of urea groups is 1. The van der Waals surface area contributed by atoms with Gasteiger partial charge in [0.1, 0.15) is 0 Å². The van der Waals surface area contributed by atoms with Gasteiger partial charge in [-0.15, -0.1) is 0 Å². The van der Waals surface area contributed by atoms with E-state index in [2.05, 4.69) is 31.8 Å². The minimum atomic E-state index is -0.426. The topological polar surface area (TPSA) is 53.5 Å². The van der Waals surface area contributed by atoms with Gasteiger partial charge in [0.05, 0.1) is 0 Å². The number of hydrazone groups is 1. The number of rotatable bonds is 2. The van der Waals surface area contributed by atoms with Gasteiger partial charge in [-0.05, 0) is 0 Å². The number of nitrogens with zero attached hydrogens (tertiary/aromatic N) is 1. The molecule has 0 spiro atoms. The Morgan fingerprint density at radius 3 is 2.96 bits per heavy atom. The van der Waals surface area contributed by atoms with Crippen molar-refractivity contribution < 1.29 is 9.18 Å². The molecule has 0 saturated heterocycles. The number of amides is 2. The van der Waals surface area contributed by atoms with Crippen LogP contribution in [0.3, 0.4) is 0 Å². The van der Waals surface area contributed by atoms with Crippen LogP contribution < -0.4 is 15.2 Å². The van der Waals surface area contributed by atoms with Crippen LogP contribution in [0.4, 0.5) is 14.9 Å². The molecule has 0 saturated carbocycles. The number of fused-ring (bicyclic) bond motifs is 1. The second kappa shape index (κ2) is 7.25. The Morgan fingerprint density at radius 2 is 2.13 bits per heavy atom. The zero-order valence-electron chi connectivity index (χ0n) is 12.0. The Balaban J connectivity index is 1.71. The van der Waals surface area contributed by atoms with Crippen LogP contribution in [0.2, 0.25) is 5.32 Å². The number of halogens is 2. The van der Waals surface area contributed by atoms with Gasteiger partial charge in [-0.3, -0.25) is 0 Å². The molecular formula is C16H13BrFN3OSe. The summed E-state index contributed by atoms with van der Waals surface area (Å²) in [6.45, 7) is 0. The first-order chi connectivity index (χ1) is 11.1. The van der Waals surface area contributed by atoms with E-state index in [1.165, 1.54) is 12.1 Å². The minimum absolute atomic E-state index is 0.285. The van der Waals surface area contributed by atoms with Gasteiger partial charge in [0.15, 0.2) is 0 Å². The van der Waals surface area contributed by atoms with Crippen LogP contribution >= 0.6 is 15.9 Å².